The molecule has 0 atom stereocenters. The van der Waals surface area contributed by atoms with Crippen molar-refractivity contribution < 1.29 is 4.39 Å². The van der Waals surface area contributed by atoms with Crippen molar-refractivity contribution in [3.8, 4) is 0 Å². The van der Waals surface area contributed by atoms with Crippen LogP contribution in [0.3, 0.4) is 0 Å². The van der Waals surface area contributed by atoms with E-state index in [2.05, 4.69) is 31.2 Å². The maximum Gasteiger partial charge on any atom is 0.147 e. The number of hydrogen-bond donors (Lipinski definition) is 1. The monoisotopic (exact) mass is 329 g/mol. The van der Waals surface area contributed by atoms with Gasteiger partial charge in [0.15, 0.2) is 0 Å². The van der Waals surface area contributed by atoms with Crippen LogP contribution in [0.5, 0.6) is 0 Å². The first-order valence-corrected chi connectivity index (χ1v) is 6.51. The lowest BCUT2D eigenvalue weighted by atomic mass is 10.3. The Kier molecular flexibility index (Phi) is 4.14. The second-order valence-electron chi connectivity index (χ2n) is 3.59. The Bertz CT molecular complexity index is 577. The molecule has 0 aliphatic rings. The maximum atomic E-state index is 13.7. The number of hydrogen-bond acceptors (Lipinski definition) is 3. The predicted molar refractivity (Wildman–Crippen MR) is 73.8 cm³/mol. The second kappa shape index (κ2) is 5.63. The Morgan fingerprint density at radius 2 is 2.11 bits per heavy atom. The van der Waals surface area contributed by atoms with Gasteiger partial charge in [0, 0.05) is 17.0 Å². The zero-order valence-electron chi connectivity index (χ0n) is 9.54. The van der Waals surface area contributed by atoms with Crippen LogP contribution in [0, 0.1) is 5.82 Å². The molecule has 0 amide bonds. The molecule has 0 saturated heterocycles. The normalized spacial score (nSPS) is 10.4. The molecule has 1 aromatic carbocycles. The summed E-state index contributed by atoms with van der Waals surface area (Å²) in [4.78, 5) is 8.27. The van der Waals surface area contributed by atoms with Gasteiger partial charge in [0.1, 0.15) is 22.6 Å². The molecule has 2 aromatic rings. The standard InChI is InChI=1S/C12H10BrClFN3/c1-2-11-17-10(14)6-12(18-11)16-9-4-3-7(13)5-8(9)15/h3-6H,2H2,1H3,(H,16,17,18). The number of aromatic nitrogens is 2. The Morgan fingerprint density at radius 3 is 2.78 bits per heavy atom. The molecule has 0 fully saturated rings. The van der Waals surface area contributed by atoms with E-state index in [1.807, 2.05) is 6.92 Å². The first-order valence-electron chi connectivity index (χ1n) is 5.34. The van der Waals surface area contributed by atoms with E-state index in [1.54, 1.807) is 18.2 Å². The first kappa shape index (κ1) is 13.2. The Morgan fingerprint density at radius 1 is 1.33 bits per heavy atom. The summed E-state index contributed by atoms with van der Waals surface area (Å²) in [6.07, 6.45) is 0.665. The molecule has 6 heteroatoms. The van der Waals surface area contributed by atoms with Crippen molar-refractivity contribution in [2.45, 2.75) is 13.3 Å². The minimum absolute atomic E-state index is 0.335. The van der Waals surface area contributed by atoms with Crippen LogP contribution in [0.1, 0.15) is 12.7 Å². The number of nitrogens with one attached hydrogen (secondary N) is 1. The van der Waals surface area contributed by atoms with E-state index in [0.717, 1.165) is 0 Å². The van der Waals surface area contributed by atoms with Gasteiger partial charge < -0.3 is 5.32 Å². The van der Waals surface area contributed by atoms with E-state index in [9.17, 15) is 4.39 Å². The molecule has 0 aliphatic heterocycles. The van der Waals surface area contributed by atoms with E-state index in [1.165, 1.54) is 6.07 Å². The largest absolute Gasteiger partial charge is 0.338 e. The second-order valence-corrected chi connectivity index (χ2v) is 4.90. The highest BCUT2D eigenvalue weighted by molar-refractivity contribution is 9.10. The highest BCUT2D eigenvalue weighted by Crippen LogP contribution is 2.23. The third kappa shape index (κ3) is 3.17. The summed E-state index contributed by atoms with van der Waals surface area (Å²) >= 11 is 9.07. The lowest BCUT2D eigenvalue weighted by molar-refractivity contribution is 0.631. The summed E-state index contributed by atoms with van der Waals surface area (Å²) < 4.78 is 14.3. The van der Waals surface area contributed by atoms with Crippen molar-refractivity contribution in [1.29, 1.82) is 0 Å². The smallest absolute Gasteiger partial charge is 0.147 e. The molecular formula is C12H10BrClFN3. The fourth-order valence-corrected chi connectivity index (χ4v) is 1.95. The van der Waals surface area contributed by atoms with Crippen LogP contribution in [-0.2, 0) is 6.42 Å². The maximum absolute atomic E-state index is 13.7. The summed E-state index contributed by atoms with van der Waals surface area (Å²) in [7, 11) is 0. The zero-order valence-corrected chi connectivity index (χ0v) is 11.9. The Labute approximate surface area is 118 Å². The van der Waals surface area contributed by atoms with Crippen molar-refractivity contribution in [2.24, 2.45) is 0 Å². The van der Waals surface area contributed by atoms with Crippen molar-refractivity contribution >= 4 is 39.0 Å². The van der Waals surface area contributed by atoms with Gasteiger partial charge >= 0.3 is 0 Å². The van der Waals surface area contributed by atoms with Crippen molar-refractivity contribution in [2.75, 3.05) is 5.32 Å². The van der Waals surface area contributed by atoms with Gasteiger partial charge in [-0.2, -0.15) is 0 Å². The van der Waals surface area contributed by atoms with Crippen LogP contribution in [-0.4, -0.2) is 9.97 Å². The Hall–Kier alpha value is -1.20. The van der Waals surface area contributed by atoms with Gasteiger partial charge in [-0.15, -0.1) is 0 Å². The minimum Gasteiger partial charge on any atom is -0.338 e. The van der Waals surface area contributed by atoms with Gasteiger partial charge in [-0.3, -0.25) is 0 Å². The molecule has 0 aliphatic carbocycles. The van der Waals surface area contributed by atoms with Gasteiger partial charge in [0.2, 0.25) is 0 Å². The first-order chi connectivity index (χ1) is 8.58. The lowest BCUT2D eigenvalue weighted by Gasteiger charge is -2.08. The molecule has 0 spiro atoms. The average molecular weight is 331 g/mol. The Balaban J connectivity index is 2.30. The summed E-state index contributed by atoms with van der Waals surface area (Å²) in [5.74, 6) is 0.729. The lowest BCUT2D eigenvalue weighted by Crippen LogP contribution is -2.00. The topological polar surface area (TPSA) is 37.8 Å². The third-order valence-corrected chi connectivity index (χ3v) is 2.94. The molecule has 3 nitrogen and oxygen atoms in total. The van der Waals surface area contributed by atoms with Gasteiger partial charge in [0.25, 0.3) is 0 Å². The van der Waals surface area contributed by atoms with E-state index < -0.39 is 0 Å². The van der Waals surface area contributed by atoms with E-state index in [4.69, 9.17) is 11.6 Å². The number of halogens is 3. The molecule has 0 bridgehead atoms. The van der Waals surface area contributed by atoms with Crippen LogP contribution in [0.4, 0.5) is 15.9 Å². The molecule has 0 saturated carbocycles. The predicted octanol–water partition coefficient (Wildman–Crippen LogP) is 4.34. The van der Waals surface area contributed by atoms with E-state index >= 15 is 0 Å². The van der Waals surface area contributed by atoms with Crippen LogP contribution in [0.2, 0.25) is 5.15 Å². The molecule has 18 heavy (non-hydrogen) atoms. The van der Waals surface area contributed by atoms with Gasteiger partial charge in [-0.25, -0.2) is 14.4 Å². The minimum atomic E-state index is -0.364. The van der Waals surface area contributed by atoms with E-state index in [-0.39, 0.29) is 5.82 Å². The molecule has 0 unspecified atom stereocenters. The van der Waals surface area contributed by atoms with Crippen LogP contribution >= 0.6 is 27.5 Å². The molecule has 1 aromatic heterocycles. The van der Waals surface area contributed by atoms with Gasteiger partial charge in [-0.05, 0) is 18.2 Å². The molecule has 94 valence electrons. The van der Waals surface area contributed by atoms with Gasteiger partial charge in [-0.1, -0.05) is 34.5 Å². The summed E-state index contributed by atoms with van der Waals surface area (Å²) in [6, 6.07) is 6.31. The third-order valence-electron chi connectivity index (χ3n) is 2.25. The number of aryl methyl sites for hydroxylation is 1. The number of nitrogens with zero attached hydrogens (tertiary/aromatic N) is 2. The van der Waals surface area contributed by atoms with Crippen LogP contribution in [0.25, 0.3) is 0 Å². The van der Waals surface area contributed by atoms with E-state index in [0.29, 0.717) is 33.4 Å². The molecule has 2 rings (SSSR count). The molecule has 0 radical (unpaired) electrons. The number of benzene rings is 1. The highest BCUT2D eigenvalue weighted by atomic mass is 79.9. The SMILES string of the molecule is CCc1nc(Cl)cc(Nc2ccc(Br)cc2F)n1. The average Bonchev–Trinajstić information content (AvgIpc) is 2.32. The van der Waals surface area contributed by atoms with Crippen molar-refractivity contribution in [1.82, 2.24) is 9.97 Å². The molecule has 1 heterocycles. The van der Waals surface area contributed by atoms with Crippen molar-refractivity contribution in [3.05, 3.63) is 45.5 Å². The fourth-order valence-electron chi connectivity index (χ4n) is 1.42. The molecule has 1 N–H and O–H groups in total. The zero-order chi connectivity index (χ0) is 13.1. The number of anilines is 2. The number of rotatable bonds is 3. The quantitative estimate of drug-likeness (QED) is 0.851. The van der Waals surface area contributed by atoms with Crippen LogP contribution < -0.4 is 5.32 Å². The summed E-state index contributed by atoms with van der Waals surface area (Å²) in [5.41, 5.74) is 0.343. The molecular weight excluding hydrogens is 321 g/mol. The van der Waals surface area contributed by atoms with Crippen LogP contribution in [0.15, 0.2) is 28.7 Å². The highest BCUT2D eigenvalue weighted by Gasteiger charge is 2.06. The summed E-state index contributed by atoms with van der Waals surface area (Å²) in [5, 5.41) is 3.22. The van der Waals surface area contributed by atoms with Crippen molar-refractivity contribution in [3.63, 3.8) is 0 Å². The summed E-state index contributed by atoms with van der Waals surface area (Å²) in [6.45, 7) is 1.93. The van der Waals surface area contributed by atoms with Gasteiger partial charge in [0.05, 0.1) is 5.69 Å². The fraction of sp³-hybridized carbons (Fsp3) is 0.167.